The molecule has 22 heavy (non-hydrogen) atoms. The third kappa shape index (κ3) is 4.96. The van der Waals surface area contributed by atoms with Crippen LogP contribution in [0.2, 0.25) is 0 Å². The van der Waals surface area contributed by atoms with Crippen molar-refractivity contribution >= 4 is 6.29 Å². The Balaban J connectivity index is 0.000000220. The smallest absolute Gasteiger partial charge is 0.151 e. The van der Waals surface area contributed by atoms with Crippen LogP contribution in [0.3, 0.4) is 0 Å². The summed E-state index contributed by atoms with van der Waals surface area (Å²) >= 11 is 0. The number of aliphatic hydroxyl groups excluding tert-OH is 1. The highest BCUT2D eigenvalue weighted by atomic mass is 19.1. The maximum absolute atomic E-state index is 12.9. The average molecular weight is 308 g/mol. The molecule has 118 valence electrons. The van der Waals surface area contributed by atoms with Crippen molar-refractivity contribution in [1.29, 1.82) is 0 Å². The molecule has 0 amide bonds. The van der Waals surface area contributed by atoms with E-state index in [2.05, 4.69) is 9.97 Å². The molecular formula is C16H18F2N2O2. The lowest BCUT2D eigenvalue weighted by Crippen LogP contribution is -1.95. The molecule has 0 aliphatic carbocycles. The normalized spacial score (nSPS) is 9.86. The molecule has 0 saturated carbocycles. The minimum absolute atomic E-state index is 0.159. The second-order valence-corrected chi connectivity index (χ2v) is 4.45. The molecule has 0 atom stereocenters. The fourth-order valence-electron chi connectivity index (χ4n) is 1.66. The third-order valence-corrected chi connectivity index (χ3v) is 2.90. The first-order valence-corrected chi connectivity index (χ1v) is 6.89. The molecule has 0 radical (unpaired) electrons. The van der Waals surface area contributed by atoms with Crippen LogP contribution in [0.15, 0.2) is 24.5 Å². The largest absolute Gasteiger partial charge is 0.392 e. The summed E-state index contributed by atoms with van der Waals surface area (Å²) in [5.74, 6) is -0.740. The Labute approximate surface area is 127 Å². The lowest BCUT2D eigenvalue weighted by molar-refractivity contribution is 0.112. The van der Waals surface area contributed by atoms with Gasteiger partial charge >= 0.3 is 0 Å². The van der Waals surface area contributed by atoms with Crippen molar-refractivity contribution in [2.75, 3.05) is 0 Å². The van der Waals surface area contributed by atoms with Gasteiger partial charge in [0.2, 0.25) is 0 Å². The zero-order valence-corrected chi connectivity index (χ0v) is 12.5. The van der Waals surface area contributed by atoms with E-state index in [1.165, 1.54) is 24.5 Å². The van der Waals surface area contributed by atoms with Crippen molar-refractivity contribution in [2.45, 2.75) is 33.3 Å². The van der Waals surface area contributed by atoms with Crippen LogP contribution >= 0.6 is 0 Å². The molecule has 2 rings (SSSR count). The lowest BCUT2D eigenvalue weighted by atomic mass is 10.2. The standard InChI is InChI=1S/C8H10FNO.C8H8FNO/c2*1-2-8-7(9)3-6(5-11)4-10-8/h3-4,11H,2,5H2,1H3;3-5H,2H2,1H3. The number of aldehydes is 1. The molecule has 4 nitrogen and oxygen atoms in total. The van der Waals surface area contributed by atoms with E-state index in [4.69, 9.17) is 5.11 Å². The average Bonchev–Trinajstić information content (AvgIpc) is 2.55. The number of aliphatic hydroxyl groups is 1. The Morgan fingerprint density at radius 3 is 2.00 bits per heavy atom. The fourth-order valence-corrected chi connectivity index (χ4v) is 1.66. The molecule has 0 aliphatic rings. The van der Waals surface area contributed by atoms with Crippen molar-refractivity contribution in [3.63, 3.8) is 0 Å². The predicted molar refractivity (Wildman–Crippen MR) is 78.5 cm³/mol. The maximum Gasteiger partial charge on any atom is 0.151 e. The molecule has 1 N–H and O–H groups in total. The first kappa shape index (κ1) is 17.8. The van der Waals surface area contributed by atoms with E-state index in [0.717, 1.165) is 0 Å². The van der Waals surface area contributed by atoms with Crippen molar-refractivity contribution in [2.24, 2.45) is 0 Å². The molecule has 0 aromatic carbocycles. The van der Waals surface area contributed by atoms with Gasteiger partial charge in [0.05, 0.1) is 18.0 Å². The van der Waals surface area contributed by atoms with Crippen LogP contribution in [0.4, 0.5) is 8.78 Å². The van der Waals surface area contributed by atoms with Crippen molar-refractivity contribution < 1.29 is 18.7 Å². The van der Waals surface area contributed by atoms with E-state index in [9.17, 15) is 13.6 Å². The molecule has 0 spiro atoms. The Hall–Kier alpha value is -2.21. The number of aromatic nitrogens is 2. The molecule has 2 heterocycles. The summed E-state index contributed by atoms with van der Waals surface area (Å²) in [5.41, 5.74) is 1.64. The van der Waals surface area contributed by atoms with Gasteiger partial charge in [-0.3, -0.25) is 14.8 Å². The minimum Gasteiger partial charge on any atom is -0.392 e. The van der Waals surface area contributed by atoms with Crippen LogP contribution in [0.1, 0.15) is 41.2 Å². The van der Waals surface area contributed by atoms with Crippen LogP contribution in [0, 0.1) is 11.6 Å². The van der Waals surface area contributed by atoms with Gasteiger partial charge in [-0.15, -0.1) is 0 Å². The zero-order valence-electron chi connectivity index (χ0n) is 12.5. The Morgan fingerprint density at radius 1 is 1.05 bits per heavy atom. The number of aryl methyl sites for hydroxylation is 2. The highest BCUT2D eigenvalue weighted by molar-refractivity contribution is 5.73. The number of carbonyl (C=O) groups excluding carboxylic acids is 1. The summed E-state index contributed by atoms with van der Waals surface area (Å²) in [7, 11) is 0. The summed E-state index contributed by atoms with van der Waals surface area (Å²) in [5, 5.41) is 8.62. The van der Waals surface area contributed by atoms with Gasteiger partial charge < -0.3 is 5.11 Å². The van der Waals surface area contributed by atoms with Gasteiger partial charge in [0.25, 0.3) is 0 Å². The number of hydrogen-bond donors (Lipinski definition) is 1. The second kappa shape index (κ2) is 8.94. The molecule has 0 unspecified atom stereocenters. The maximum atomic E-state index is 12.9. The number of hydrogen-bond acceptors (Lipinski definition) is 4. The molecule has 2 aromatic rings. The molecule has 0 aliphatic heterocycles. The van der Waals surface area contributed by atoms with Crippen LogP contribution in [-0.2, 0) is 19.4 Å². The van der Waals surface area contributed by atoms with E-state index in [0.29, 0.717) is 36.1 Å². The zero-order chi connectivity index (χ0) is 16.5. The molecule has 6 heteroatoms. The SMILES string of the molecule is CCc1ncc(C=O)cc1F.CCc1ncc(CO)cc1F. The minimum atomic E-state index is -0.405. The Kier molecular flexibility index (Phi) is 7.25. The summed E-state index contributed by atoms with van der Waals surface area (Å²) in [6.07, 6.45) is 4.56. The van der Waals surface area contributed by atoms with Gasteiger partial charge in [0.15, 0.2) is 6.29 Å². The highest BCUT2D eigenvalue weighted by Crippen LogP contribution is 2.07. The monoisotopic (exact) mass is 308 g/mol. The Morgan fingerprint density at radius 2 is 1.59 bits per heavy atom. The first-order valence-electron chi connectivity index (χ1n) is 6.89. The number of halogens is 2. The van der Waals surface area contributed by atoms with Gasteiger partial charge in [-0.25, -0.2) is 8.78 Å². The molecular weight excluding hydrogens is 290 g/mol. The van der Waals surface area contributed by atoms with E-state index in [-0.39, 0.29) is 18.0 Å². The topological polar surface area (TPSA) is 63.1 Å². The van der Waals surface area contributed by atoms with E-state index < -0.39 is 5.82 Å². The number of carbonyl (C=O) groups is 1. The van der Waals surface area contributed by atoms with Crippen molar-refractivity contribution in [1.82, 2.24) is 9.97 Å². The number of nitrogens with zero attached hydrogens (tertiary/aromatic N) is 2. The van der Waals surface area contributed by atoms with Gasteiger partial charge in [0.1, 0.15) is 11.6 Å². The molecule has 0 fully saturated rings. The first-order chi connectivity index (χ1) is 10.5. The van der Waals surface area contributed by atoms with Gasteiger partial charge in [-0.1, -0.05) is 13.8 Å². The van der Waals surface area contributed by atoms with E-state index in [1.807, 2.05) is 13.8 Å². The van der Waals surface area contributed by atoms with Crippen molar-refractivity contribution in [3.05, 3.63) is 58.7 Å². The summed E-state index contributed by atoms with van der Waals surface area (Å²) < 4.78 is 25.7. The number of pyridine rings is 2. The number of rotatable bonds is 4. The predicted octanol–water partition coefficient (Wildman–Crippen LogP) is 2.87. The van der Waals surface area contributed by atoms with Crippen LogP contribution < -0.4 is 0 Å². The van der Waals surface area contributed by atoms with E-state index >= 15 is 0 Å². The van der Waals surface area contributed by atoms with Crippen LogP contribution in [-0.4, -0.2) is 21.4 Å². The Bertz CT molecular complexity index is 634. The fraction of sp³-hybridized carbons (Fsp3) is 0.312. The molecule has 0 saturated heterocycles. The van der Waals surface area contributed by atoms with Crippen molar-refractivity contribution in [3.8, 4) is 0 Å². The lowest BCUT2D eigenvalue weighted by Gasteiger charge is -1.99. The van der Waals surface area contributed by atoms with Gasteiger partial charge in [-0.2, -0.15) is 0 Å². The second-order valence-electron chi connectivity index (χ2n) is 4.45. The summed E-state index contributed by atoms with van der Waals surface area (Å²) in [4.78, 5) is 17.7. The van der Waals surface area contributed by atoms with Crippen LogP contribution in [0.5, 0.6) is 0 Å². The summed E-state index contributed by atoms with van der Waals surface area (Å²) in [6.45, 7) is 3.49. The third-order valence-electron chi connectivity index (χ3n) is 2.90. The molecule has 2 aromatic heterocycles. The van der Waals surface area contributed by atoms with Crippen LogP contribution in [0.25, 0.3) is 0 Å². The highest BCUT2D eigenvalue weighted by Gasteiger charge is 2.02. The molecule has 0 bridgehead atoms. The van der Waals surface area contributed by atoms with Gasteiger partial charge in [0, 0.05) is 18.0 Å². The quantitative estimate of drug-likeness (QED) is 0.882. The van der Waals surface area contributed by atoms with E-state index in [1.54, 1.807) is 0 Å². The van der Waals surface area contributed by atoms with Gasteiger partial charge in [-0.05, 0) is 30.5 Å². The summed E-state index contributed by atoms with van der Waals surface area (Å²) in [6, 6.07) is 2.50.